The Morgan fingerprint density at radius 1 is 0.909 bits per heavy atom. The van der Waals surface area contributed by atoms with Gasteiger partial charge in [0, 0.05) is 25.4 Å². The van der Waals surface area contributed by atoms with Gasteiger partial charge in [-0.15, -0.1) is 0 Å². The van der Waals surface area contributed by atoms with Crippen LogP contribution in [-0.2, 0) is 6.54 Å². The number of rotatable bonds is 6. The maximum Gasteiger partial charge on any atom is 0.0545 e. The van der Waals surface area contributed by atoms with E-state index < -0.39 is 7.92 Å². The van der Waals surface area contributed by atoms with Crippen LogP contribution in [0.5, 0.6) is 0 Å². The van der Waals surface area contributed by atoms with Gasteiger partial charge in [0.05, 0.1) is 5.44 Å². The fourth-order valence-corrected chi connectivity index (χ4v) is 7.75. The smallest absolute Gasteiger partial charge is 0.0545 e. The molecule has 0 saturated carbocycles. The summed E-state index contributed by atoms with van der Waals surface area (Å²) in [7, 11) is -0.659. The molecule has 5 rings (SSSR count). The van der Waals surface area contributed by atoms with Crippen molar-refractivity contribution >= 4 is 34.9 Å². The Balaban J connectivity index is 1.67. The molecule has 0 radical (unpaired) electrons. The molecule has 4 aromatic rings. The lowest BCUT2D eigenvalue weighted by atomic mass is 9.85. The highest BCUT2D eigenvalue weighted by molar-refractivity contribution is 7.79. The summed E-state index contributed by atoms with van der Waals surface area (Å²) in [6.07, 6.45) is 6.01. The van der Waals surface area contributed by atoms with Crippen molar-refractivity contribution in [2.75, 3.05) is 0 Å². The van der Waals surface area contributed by atoms with Crippen LogP contribution in [0.25, 0.3) is 10.9 Å². The Labute approximate surface area is 199 Å². The van der Waals surface area contributed by atoms with E-state index in [0.717, 1.165) is 19.4 Å². The highest BCUT2D eigenvalue weighted by atomic mass is 31.1. The normalized spacial score (nSPS) is 16.2. The molecule has 0 spiro atoms. The van der Waals surface area contributed by atoms with Crippen LogP contribution >= 0.6 is 7.92 Å². The molecule has 1 atom stereocenters. The summed E-state index contributed by atoms with van der Waals surface area (Å²) < 4.78 is 2.63. The van der Waals surface area contributed by atoms with Gasteiger partial charge in [0.2, 0.25) is 0 Å². The number of benzene rings is 3. The number of aryl methyl sites for hydroxylation is 1. The van der Waals surface area contributed by atoms with Crippen LogP contribution in [-0.4, -0.2) is 4.57 Å². The minimum Gasteiger partial charge on any atom is -0.336 e. The van der Waals surface area contributed by atoms with Crippen LogP contribution in [0.2, 0.25) is 0 Å². The van der Waals surface area contributed by atoms with Gasteiger partial charge in [-0.25, -0.2) is 0 Å². The van der Waals surface area contributed by atoms with E-state index in [2.05, 4.69) is 116 Å². The van der Waals surface area contributed by atoms with Gasteiger partial charge in [-0.05, 0) is 61.3 Å². The van der Waals surface area contributed by atoms with Crippen molar-refractivity contribution in [3.8, 4) is 0 Å². The summed E-state index contributed by atoms with van der Waals surface area (Å²) in [6.45, 7) is 9.68. The first-order valence-electron chi connectivity index (χ1n) is 11.9. The first kappa shape index (κ1) is 21.9. The van der Waals surface area contributed by atoms with Crippen molar-refractivity contribution in [3.63, 3.8) is 0 Å². The molecule has 0 saturated heterocycles. The summed E-state index contributed by atoms with van der Waals surface area (Å²) >= 11 is 0. The monoisotopic (exact) mass is 449 g/mol. The average molecular weight is 450 g/mol. The van der Waals surface area contributed by atoms with Crippen molar-refractivity contribution in [1.82, 2.24) is 4.57 Å². The lowest BCUT2D eigenvalue weighted by Gasteiger charge is -2.26. The Morgan fingerprint density at radius 2 is 1.52 bits per heavy atom. The maximum absolute atomic E-state index is 4.20. The van der Waals surface area contributed by atoms with Crippen molar-refractivity contribution in [1.29, 1.82) is 0 Å². The highest BCUT2D eigenvalue weighted by Gasteiger charge is 2.26. The van der Waals surface area contributed by atoms with Gasteiger partial charge in [0.1, 0.15) is 0 Å². The molecular weight excluding hydrogens is 417 g/mol. The summed E-state index contributed by atoms with van der Waals surface area (Å²) in [5, 5.41) is 4.19. The molecule has 0 fully saturated rings. The highest BCUT2D eigenvalue weighted by Crippen LogP contribution is 2.38. The minimum absolute atomic E-state index is 0.641. The largest absolute Gasteiger partial charge is 0.336 e. The molecule has 0 N–H and O–H groups in total. The van der Waals surface area contributed by atoms with Gasteiger partial charge < -0.3 is 4.57 Å². The third-order valence-corrected chi connectivity index (χ3v) is 9.62. The van der Waals surface area contributed by atoms with Crippen molar-refractivity contribution < 1.29 is 0 Å². The summed E-state index contributed by atoms with van der Waals surface area (Å²) in [5.74, 6) is 0.641. The van der Waals surface area contributed by atoms with Gasteiger partial charge >= 0.3 is 0 Å². The van der Waals surface area contributed by atoms with E-state index in [1.165, 1.54) is 44.5 Å². The van der Waals surface area contributed by atoms with Crippen LogP contribution < -0.4 is 16.0 Å². The molecule has 1 aromatic heterocycles. The zero-order chi connectivity index (χ0) is 22.8. The van der Waals surface area contributed by atoms with Crippen molar-refractivity contribution in [2.24, 2.45) is 5.92 Å². The number of allylic oxidation sites excluding steroid dienone is 3. The predicted octanol–water partition coefficient (Wildman–Crippen LogP) is 7.01. The molecule has 0 amide bonds. The van der Waals surface area contributed by atoms with E-state index in [4.69, 9.17) is 0 Å². The average Bonchev–Trinajstić information content (AvgIpc) is 3.13. The number of para-hydroxylation sites is 1. The van der Waals surface area contributed by atoms with Crippen LogP contribution in [0.15, 0.2) is 109 Å². The van der Waals surface area contributed by atoms with Crippen molar-refractivity contribution in [3.05, 3.63) is 114 Å². The van der Waals surface area contributed by atoms with E-state index in [1.807, 2.05) is 0 Å². The molecule has 3 aromatic carbocycles. The van der Waals surface area contributed by atoms with Crippen LogP contribution in [0.1, 0.15) is 31.7 Å². The van der Waals surface area contributed by atoms with E-state index in [-0.39, 0.29) is 0 Å². The van der Waals surface area contributed by atoms with E-state index in [1.54, 1.807) is 5.57 Å². The number of hydrogen-bond acceptors (Lipinski definition) is 0. The molecule has 33 heavy (non-hydrogen) atoms. The Kier molecular flexibility index (Phi) is 6.34. The van der Waals surface area contributed by atoms with Gasteiger partial charge in [-0.2, -0.15) is 0 Å². The SMILES string of the molecule is C=C(C)[C@@H]1CC=C(Cn2c(P(c3ccccc3)c3ccccc3)c(C)c3ccccc32)CC1. The number of nitrogens with zero attached hydrogens (tertiary/aromatic N) is 1. The topological polar surface area (TPSA) is 4.93 Å². The number of fused-ring (bicyclic) bond motifs is 1. The molecule has 1 nitrogen and oxygen atoms in total. The maximum atomic E-state index is 4.20. The quantitative estimate of drug-likeness (QED) is 0.220. The molecule has 0 unspecified atom stereocenters. The van der Waals surface area contributed by atoms with Gasteiger partial charge in [-0.1, -0.05) is 103 Å². The first-order valence-corrected chi connectivity index (χ1v) is 13.3. The van der Waals surface area contributed by atoms with Crippen molar-refractivity contribution in [2.45, 2.75) is 39.7 Å². The summed E-state index contributed by atoms with van der Waals surface area (Å²) in [6, 6.07) is 31.1. The van der Waals surface area contributed by atoms with Gasteiger partial charge in [-0.3, -0.25) is 0 Å². The molecule has 1 heterocycles. The van der Waals surface area contributed by atoms with E-state index in [9.17, 15) is 0 Å². The lowest BCUT2D eigenvalue weighted by Crippen LogP contribution is -2.28. The third kappa shape index (κ3) is 4.35. The Morgan fingerprint density at radius 3 is 2.09 bits per heavy atom. The zero-order valence-electron chi connectivity index (χ0n) is 19.7. The van der Waals surface area contributed by atoms with E-state index >= 15 is 0 Å². The number of hydrogen-bond donors (Lipinski definition) is 0. The third-order valence-electron chi connectivity index (χ3n) is 6.99. The molecular formula is C31H32NP. The molecule has 1 aliphatic carbocycles. The van der Waals surface area contributed by atoms with Gasteiger partial charge in [0.25, 0.3) is 0 Å². The summed E-state index contributed by atoms with van der Waals surface area (Å²) in [4.78, 5) is 0. The Hall–Kier alpha value is -2.89. The first-order chi connectivity index (χ1) is 16.1. The molecule has 0 aliphatic heterocycles. The fraction of sp³-hybridized carbons (Fsp3) is 0.226. The molecule has 0 bridgehead atoms. The van der Waals surface area contributed by atoms with Crippen LogP contribution in [0.3, 0.4) is 0 Å². The van der Waals surface area contributed by atoms with E-state index in [0.29, 0.717) is 5.92 Å². The second kappa shape index (κ2) is 9.54. The van der Waals surface area contributed by atoms with Gasteiger partial charge in [0.15, 0.2) is 0 Å². The minimum atomic E-state index is -0.659. The predicted molar refractivity (Wildman–Crippen MR) is 146 cm³/mol. The molecule has 2 heteroatoms. The zero-order valence-corrected chi connectivity index (χ0v) is 20.6. The fourth-order valence-electron chi connectivity index (χ4n) is 5.14. The standard InChI is InChI=1S/C31H32NP/c1-23(2)26-20-18-25(19-21-26)22-32-30-17-11-10-16-29(30)24(3)31(32)33(27-12-6-4-7-13-27)28-14-8-5-9-15-28/h4-18,26H,1,19-22H2,2-3H3/t26-/m1/s1. The van der Waals surface area contributed by atoms with Crippen LogP contribution in [0.4, 0.5) is 0 Å². The number of aromatic nitrogens is 1. The second-order valence-corrected chi connectivity index (χ2v) is 11.4. The summed E-state index contributed by atoms with van der Waals surface area (Å²) in [5.41, 5.74) is 7.13. The lowest BCUT2D eigenvalue weighted by molar-refractivity contribution is 0.526. The van der Waals surface area contributed by atoms with Crippen LogP contribution in [0, 0.1) is 12.8 Å². The second-order valence-electron chi connectivity index (χ2n) is 9.24. The molecule has 1 aliphatic rings. The Bertz CT molecular complexity index is 1260. The molecule has 166 valence electrons.